The summed E-state index contributed by atoms with van der Waals surface area (Å²) in [5.74, 6) is -0.241. The monoisotopic (exact) mass is 376 g/mol. The van der Waals surface area contributed by atoms with Gasteiger partial charge < -0.3 is 9.64 Å². The molecule has 0 aliphatic carbocycles. The lowest BCUT2D eigenvalue weighted by molar-refractivity contribution is 0.0710. The van der Waals surface area contributed by atoms with Crippen molar-refractivity contribution in [2.45, 2.75) is 24.3 Å². The van der Waals surface area contributed by atoms with Gasteiger partial charge in [-0.15, -0.1) is 0 Å². The third-order valence-corrected chi connectivity index (χ3v) is 5.13. The van der Waals surface area contributed by atoms with Crippen molar-refractivity contribution in [3.63, 3.8) is 0 Å². The third-order valence-electron chi connectivity index (χ3n) is 3.64. The van der Waals surface area contributed by atoms with Crippen molar-refractivity contribution >= 4 is 31.9 Å². The van der Waals surface area contributed by atoms with Crippen molar-refractivity contribution < 1.29 is 17.9 Å². The lowest BCUT2D eigenvalue weighted by atomic mass is 10.1. The normalized spacial score (nSPS) is 18.8. The molecular formula is C13H17BrN2O4S. The van der Waals surface area contributed by atoms with E-state index in [2.05, 4.69) is 15.9 Å². The highest BCUT2D eigenvalue weighted by Gasteiger charge is 2.27. The summed E-state index contributed by atoms with van der Waals surface area (Å²) in [5.41, 5.74) is 0.680. The molecular weight excluding hydrogens is 360 g/mol. The van der Waals surface area contributed by atoms with E-state index < -0.39 is 10.0 Å². The third kappa shape index (κ3) is 3.45. The number of amides is 1. The Morgan fingerprint density at radius 2 is 2.14 bits per heavy atom. The molecule has 1 aromatic rings. The van der Waals surface area contributed by atoms with Gasteiger partial charge in [0.15, 0.2) is 0 Å². The molecule has 1 amide bonds. The second-order valence-corrected chi connectivity index (χ2v) is 7.50. The number of primary sulfonamides is 1. The highest BCUT2D eigenvalue weighted by Crippen LogP contribution is 2.26. The zero-order valence-electron chi connectivity index (χ0n) is 11.8. The molecule has 21 heavy (non-hydrogen) atoms. The van der Waals surface area contributed by atoms with Gasteiger partial charge in [-0.25, -0.2) is 13.6 Å². The van der Waals surface area contributed by atoms with Gasteiger partial charge in [0.1, 0.15) is 0 Å². The molecule has 0 radical (unpaired) electrons. The summed E-state index contributed by atoms with van der Waals surface area (Å²) in [6.45, 7) is 2.71. The summed E-state index contributed by atoms with van der Waals surface area (Å²) in [6.07, 6.45) is 0.775. The van der Waals surface area contributed by atoms with E-state index >= 15 is 0 Å². The molecule has 2 N–H and O–H groups in total. The van der Waals surface area contributed by atoms with Gasteiger partial charge in [-0.05, 0) is 31.0 Å². The van der Waals surface area contributed by atoms with Crippen LogP contribution in [0.3, 0.4) is 0 Å². The molecule has 1 heterocycles. The maximum Gasteiger partial charge on any atom is 0.254 e. The Morgan fingerprint density at radius 3 is 2.67 bits per heavy atom. The summed E-state index contributed by atoms with van der Waals surface area (Å²) in [4.78, 5) is 14.1. The van der Waals surface area contributed by atoms with Gasteiger partial charge in [0.25, 0.3) is 5.91 Å². The first-order chi connectivity index (χ1) is 9.71. The fourth-order valence-electron chi connectivity index (χ4n) is 2.36. The molecule has 116 valence electrons. The number of benzene rings is 1. The number of hydrogen-bond donors (Lipinski definition) is 1. The van der Waals surface area contributed by atoms with Gasteiger partial charge in [-0.3, -0.25) is 4.79 Å². The van der Waals surface area contributed by atoms with Crippen LogP contribution in [0.2, 0.25) is 0 Å². The van der Waals surface area contributed by atoms with Gasteiger partial charge in [0, 0.05) is 23.7 Å². The number of carbonyl (C=O) groups excluding carboxylic acids is 1. The van der Waals surface area contributed by atoms with E-state index in [0.29, 0.717) is 28.8 Å². The second kappa shape index (κ2) is 6.04. The molecule has 2 rings (SSSR count). The highest BCUT2D eigenvalue weighted by molar-refractivity contribution is 9.10. The van der Waals surface area contributed by atoms with Crippen LogP contribution in [0.15, 0.2) is 21.5 Å². The van der Waals surface area contributed by atoms with E-state index in [9.17, 15) is 13.2 Å². The number of nitrogens with zero attached hydrogens (tertiary/aromatic N) is 1. The number of ether oxygens (including phenoxy) is 1. The molecule has 1 aliphatic rings. The van der Waals surface area contributed by atoms with E-state index in [0.717, 1.165) is 6.42 Å². The van der Waals surface area contributed by atoms with Crippen LogP contribution >= 0.6 is 15.9 Å². The number of nitrogens with two attached hydrogens (primary N) is 1. The Morgan fingerprint density at radius 1 is 1.48 bits per heavy atom. The summed E-state index contributed by atoms with van der Waals surface area (Å²) in [7, 11) is -2.19. The van der Waals surface area contributed by atoms with Crippen molar-refractivity contribution in [3.8, 4) is 0 Å². The van der Waals surface area contributed by atoms with Crippen molar-refractivity contribution in [2.75, 3.05) is 20.3 Å². The standard InChI is InChI=1S/C13H17BrN2O4S/c1-8-11(5-9(14)6-12(8)21(15,18)19)13(17)16(2)10-3-4-20-7-10/h5-6,10H,3-4,7H2,1-2H3,(H2,15,18,19). The molecule has 0 aromatic heterocycles. The number of hydrogen-bond acceptors (Lipinski definition) is 4. The zero-order chi connectivity index (χ0) is 15.8. The van der Waals surface area contributed by atoms with Crippen LogP contribution in [0.1, 0.15) is 22.3 Å². The molecule has 1 aromatic carbocycles. The minimum atomic E-state index is -3.88. The minimum absolute atomic E-state index is 0.00816. The van der Waals surface area contributed by atoms with E-state index in [-0.39, 0.29) is 16.8 Å². The van der Waals surface area contributed by atoms with Crippen LogP contribution in [-0.4, -0.2) is 45.5 Å². The first-order valence-corrected chi connectivity index (χ1v) is 8.73. The minimum Gasteiger partial charge on any atom is -0.379 e. The molecule has 1 saturated heterocycles. The average Bonchev–Trinajstić information content (AvgIpc) is 2.92. The highest BCUT2D eigenvalue weighted by atomic mass is 79.9. The van der Waals surface area contributed by atoms with Gasteiger partial charge in [0.2, 0.25) is 10.0 Å². The van der Waals surface area contributed by atoms with Crippen molar-refractivity contribution in [3.05, 3.63) is 27.7 Å². The Hall–Kier alpha value is -0.960. The molecule has 0 saturated carbocycles. The smallest absolute Gasteiger partial charge is 0.254 e. The molecule has 1 fully saturated rings. The van der Waals surface area contributed by atoms with E-state index in [1.807, 2.05) is 0 Å². The number of sulfonamides is 1. The largest absolute Gasteiger partial charge is 0.379 e. The molecule has 1 aliphatic heterocycles. The van der Waals surface area contributed by atoms with E-state index in [1.54, 1.807) is 24.9 Å². The molecule has 8 heteroatoms. The molecule has 1 atom stereocenters. The summed E-state index contributed by atoms with van der Waals surface area (Å²) in [5, 5.41) is 5.20. The Kier molecular flexibility index (Phi) is 4.72. The Bertz CT molecular complexity index is 669. The second-order valence-electron chi connectivity index (χ2n) is 5.05. The quantitative estimate of drug-likeness (QED) is 0.859. The number of rotatable bonds is 3. The summed E-state index contributed by atoms with van der Waals surface area (Å²) in [6, 6.07) is 3.02. The van der Waals surface area contributed by atoms with Crippen LogP contribution < -0.4 is 5.14 Å². The zero-order valence-corrected chi connectivity index (χ0v) is 14.2. The fourth-order valence-corrected chi connectivity index (χ4v) is 3.79. The Labute approximate surface area is 132 Å². The van der Waals surface area contributed by atoms with Crippen molar-refractivity contribution in [1.29, 1.82) is 0 Å². The lowest BCUT2D eigenvalue weighted by Gasteiger charge is -2.24. The predicted molar refractivity (Wildman–Crippen MR) is 81.6 cm³/mol. The lowest BCUT2D eigenvalue weighted by Crippen LogP contribution is -2.37. The van der Waals surface area contributed by atoms with Gasteiger partial charge >= 0.3 is 0 Å². The first-order valence-electron chi connectivity index (χ1n) is 6.39. The molecule has 0 bridgehead atoms. The summed E-state index contributed by atoms with van der Waals surface area (Å²) < 4.78 is 29.0. The average molecular weight is 377 g/mol. The first kappa shape index (κ1) is 16.4. The maximum absolute atomic E-state index is 12.6. The maximum atomic E-state index is 12.6. The van der Waals surface area contributed by atoms with E-state index in [1.165, 1.54) is 6.07 Å². The van der Waals surface area contributed by atoms with Crippen LogP contribution in [0, 0.1) is 6.92 Å². The molecule has 0 spiro atoms. The van der Waals surface area contributed by atoms with Crippen molar-refractivity contribution in [1.82, 2.24) is 4.90 Å². The number of likely N-dealkylation sites (N-methyl/N-ethyl adjacent to an activating group) is 1. The van der Waals surface area contributed by atoms with Crippen LogP contribution in [-0.2, 0) is 14.8 Å². The number of carbonyl (C=O) groups is 1. The van der Waals surface area contributed by atoms with Crippen LogP contribution in [0.4, 0.5) is 0 Å². The van der Waals surface area contributed by atoms with Gasteiger partial charge in [-0.2, -0.15) is 0 Å². The van der Waals surface area contributed by atoms with Crippen LogP contribution in [0.5, 0.6) is 0 Å². The van der Waals surface area contributed by atoms with Gasteiger partial charge in [0.05, 0.1) is 17.5 Å². The topological polar surface area (TPSA) is 89.7 Å². The predicted octanol–water partition coefficient (Wildman–Crippen LogP) is 1.27. The van der Waals surface area contributed by atoms with E-state index in [4.69, 9.17) is 9.88 Å². The Balaban J connectivity index is 2.44. The van der Waals surface area contributed by atoms with Crippen molar-refractivity contribution in [2.24, 2.45) is 5.14 Å². The number of halogens is 1. The van der Waals surface area contributed by atoms with Crippen LogP contribution in [0.25, 0.3) is 0 Å². The van der Waals surface area contributed by atoms with Gasteiger partial charge in [-0.1, -0.05) is 15.9 Å². The molecule has 1 unspecified atom stereocenters. The SMILES string of the molecule is Cc1c(C(=O)N(C)C2CCOC2)cc(Br)cc1S(N)(=O)=O. The fraction of sp³-hybridized carbons (Fsp3) is 0.462. The molecule has 6 nitrogen and oxygen atoms in total. The summed E-state index contributed by atoms with van der Waals surface area (Å²) >= 11 is 3.23.